The van der Waals surface area contributed by atoms with E-state index in [-0.39, 0.29) is 11.1 Å². The summed E-state index contributed by atoms with van der Waals surface area (Å²) in [7, 11) is 1.47. The molecule has 0 saturated carbocycles. The number of benzene rings is 2. The van der Waals surface area contributed by atoms with Crippen molar-refractivity contribution < 1.29 is 18.7 Å². The highest BCUT2D eigenvalue weighted by Gasteiger charge is 2.14. The van der Waals surface area contributed by atoms with Crippen molar-refractivity contribution in [2.45, 2.75) is 0 Å². The smallest absolute Gasteiger partial charge is 0.257 e. The number of amides is 2. The number of ether oxygens (including phenoxy) is 1. The van der Waals surface area contributed by atoms with Crippen LogP contribution in [0.3, 0.4) is 0 Å². The summed E-state index contributed by atoms with van der Waals surface area (Å²) in [6.45, 7) is 0. The molecule has 0 radical (unpaired) electrons. The maximum atomic E-state index is 13.0. The number of carbonyl (C=O) groups is 2. The van der Waals surface area contributed by atoms with Crippen molar-refractivity contribution in [2.24, 2.45) is 0 Å². The lowest BCUT2D eigenvalue weighted by molar-refractivity contribution is 0.102. The molecular weight excluding hydrogens is 385 g/mol. The number of pyridine rings is 1. The van der Waals surface area contributed by atoms with Crippen LogP contribution in [0, 0.1) is 5.82 Å². The van der Waals surface area contributed by atoms with E-state index in [9.17, 15) is 14.0 Å². The van der Waals surface area contributed by atoms with E-state index in [4.69, 9.17) is 16.3 Å². The average molecular weight is 400 g/mol. The molecule has 3 rings (SSSR count). The van der Waals surface area contributed by atoms with Crippen LogP contribution in [0.15, 0.2) is 60.9 Å². The van der Waals surface area contributed by atoms with E-state index in [0.717, 1.165) is 0 Å². The van der Waals surface area contributed by atoms with Crippen LogP contribution in [0.2, 0.25) is 5.02 Å². The van der Waals surface area contributed by atoms with Gasteiger partial charge in [0.2, 0.25) is 0 Å². The summed E-state index contributed by atoms with van der Waals surface area (Å²) >= 11 is 5.96. The standard InChI is InChI=1S/C20H15ClFN3O3/c1-28-18-7-2-14(21)9-17(18)25-20(27)13-8-12(10-23-11-13)19(26)24-16-5-3-15(22)4-6-16/h2-11H,1H3,(H,24,26)(H,25,27). The summed E-state index contributed by atoms with van der Waals surface area (Å²) in [6.07, 6.45) is 2.66. The molecule has 1 aromatic heterocycles. The van der Waals surface area contributed by atoms with Gasteiger partial charge in [-0.3, -0.25) is 14.6 Å². The molecule has 3 aromatic rings. The van der Waals surface area contributed by atoms with Gasteiger partial charge < -0.3 is 15.4 Å². The number of rotatable bonds is 5. The zero-order valence-corrected chi connectivity index (χ0v) is 15.5. The molecule has 0 aliphatic carbocycles. The highest BCUT2D eigenvalue weighted by molar-refractivity contribution is 6.31. The fraction of sp³-hybridized carbons (Fsp3) is 0.0500. The molecule has 0 saturated heterocycles. The second-order valence-electron chi connectivity index (χ2n) is 5.72. The summed E-state index contributed by atoms with van der Waals surface area (Å²) < 4.78 is 18.2. The van der Waals surface area contributed by atoms with E-state index in [2.05, 4.69) is 15.6 Å². The number of hydrogen-bond acceptors (Lipinski definition) is 4. The maximum absolute atomic E-state index is 13.0. The molecule has 1 heterocycles. The first-order valence-corrected chi connectivity index (χ1v) is 8.51. The number of nitrogens with zero attached hydrogens (tertiary/aromatic N) is 1. The molecule has 28 heavy (non-hydrogen) atoms. The molecule has 0 fully saturated rings. The lowest BCUT2D eigenvalue weighted by Gasteiger charge is -2.11. The van der Waals surface area contributed by atoms with E-state index in [1.807, 2.05) is 0 Å². The van der Waals surface area contributed by atoms with Gasteiger partial charge in [-0.2, -0.15) is 0 Å². The van der Waals surface area contributed by atoms with E-state index < -0.39 is 17.6 Å². The van der Waals surface area contributed by atoms with Crippen LogP contribution in [-0.2, 0) is 0 Å². The molecular formula is C20H15ClFN3O3. The Morgan fingerprint density at radius 2 is 1.61 bits per heavy atom. The van der Waals surface area contributed by atoms with E-state index >= 15 is 0 Å². The van der Waals surface area contributed by atoms with Gasteiger partial charge in [0.15, 0.2) is 0 Å². The number of anilines is 2. The molecule has 142 valence electrons. The monoisotopic (exact) mass is 399 g/mol. The largest absolute Gasteiger partial charge is 0.495 e. The average Bonchev–Trinajstić information content (AvgIpc) is 2.70. The number of aromatic nitrogens is 1. The van der Waals surface area contributed by atoms with Crippen molar-refractivity contribution in [1.29, 1.82) is 0 Å². The van der Waals surface area contributed by atoms with E-state index in [0.29, 0.717) is 22.1 Å². The third kappa shape index (κ3) is 4.63. The lowest BCUT2D eigenvalue weighted by Crippen LogP contribution is -2.16. The predicted molar refractivity (Wildman–Crippen MR) is 105 cm³/mol. The van der Waals surface area contributed by atoms with Crippen LogP contribution >= 0.6 is 11.6 Å². The summed E-state index contributed by atoms with van der Waals surface area (Å²) in [5, 5.41) is 5.72. The fourth-order valence-corrected chi connectivity index (χ4v) is 2.57. The van der Waals surface area contributed by atoms with Gasteiger partial charge in [-0.15, -0.1) is 0 Å². The molecule has 0 bridgehead atoms. The minimum atomic E-state index is -0.482. The van der Waals surface area contributed by atoms with Crippen molar-refractivity contribution in [3.63, 3.8) is 0 Å². The minimum absolute atomic E-state index is 0.175. The Hall–Kier alpha value is -3.45. The quantitative estimate of drug-likeness (QED) is 0.667. The summed E-state index contributed by atoms with van der Waals surface area (Å²) in [4.78, 5) is 28.8. The Bertz CT molecular complexity index is 1030. The molecule has 0 aliphatic rings. The number of hydrogen-bond donors (Lipinski definition) is 2. The maximum Gasteiger partial charge on any atom is 0.257 e. The number of methoxy groups -OCH3 is 1. The number of carbonyl (C=O) groups excluding carboxylic acids is 2. The van der Waals surface area contributed by atoms with E-state index in [1.54, 1.807) is 18.2 Å². The second kappa shape index (κ2) is 8.49. The van der Waals surface area contributed by atoms with Gasteiger partial charge in [-0.05, 0) is 48.5 Å². The Morgan fingerprint density at radius 1 is 0.964 bits per heavy atom. The first-order chi connectivity index (χ1) is 13.5. The highest BCUT2D eigenvalue weighted by Crippen LogP contribution is 2.28. The third-order valence-electron chi connectivity index (χ3n) is 3.77. The third-order valence-corrected chi connectivity index (χ3v) is 4.01. The first kappa shape index (κ1) is 19.3. The first-order valence-electron chi connectivity index (χ1n) is 8.13. The summed E-state index contributed by atoms with van der Waals surface area (Å²) in [5.74, 6) is -0.927. The van der Waals surface area contributed by atoms with Gasteiger partial charge in [0, 0.05) is 23.1 Å². The summed E-state index contributed by atoms with van der Waals surface area (Å²) in [5.41, 5.74) is 1.16. The minimum Gasteiger partial charge on any atom is -0.495 e. The number of halogens is 2. The second-order valence-corrected chi connectivity index (χ2v) is 6.16. The normalized spacial score (nSPS) is 10.2. The molecule has 2 amide bonds. The Balaban J connectivity index is 1.77. The number of nitrogens with one attached hydrogen (secondary N) is 2. The molecule has 2 N–H and O–H groups in total. The van der Waals surface area contributed by atoms with Crippen LogP contribution in [-0.4, -0.2) is 23.9 Å². The SMILES string of the molecule is COc1ccc(Cl)cc1NC(=O)c1cncc(C(=O)Nc2ccc(F)cc2)c1. The molecule has 6 nitrogen and oxygen atoms in total. The van der Waals surface area contributed by atoms with Crippen LogP contribution in [0.5, 0.6) is 5.75 Å². The van der Waals surface area contributed by atoms with Crippen LogP contribution < -0.4 is 15.4 Å². The van der Waals surface area contributed by atoms with Crippen molar-refractivity contribution in [1.82, 2.24) is 4.98 Å². The molecule has 0 aliphatic heterocycles. The van der Waals surface area contributed by atoms with Crippen molar-refractivity contribution in [3.05, 3.63) is 82.9 Å². The molecule has 0 unspecified atom stereocenters. The lowest BCUT2D eigenvalue weighted by atomic mass is 10.1. The molecule has 2 aromatic carbocycles. The Morgan fingerprint density at radius 3 is 2.25 bits per heavy atom. The molecule has 0 atom stereocenters. The van der Waals surface area contributed by atoms with Gasteiger partial charge in [-0.1, -0.05) is 11.6 Å². The van der Waals surface area contributed by atoms with Gasteiger partial charge in [-0.25, -0.2) is 4.39 Å². The zero-order valence-electron chi connectivity index (χ0n) is 14.7. The van der Waals surface area contributed by atoms with Gasteiger partial charge >= 0.3 is 0 Å². The fourth-order valence-electron chi connectivity index (χ4n) is 2.40. The predicted octanol–water partition coefficient (Wildman–Crippen LogP) is 4.39. The van der Waals surface area contributed by atoms with Crippen molar-refractivity contribution in [2.75, 3.05) is 17.7 Å². The highest BCUT2D eigenvalue weighted by atomic mass is 35.5. The molecule has 0 spiro atoms. The van der Waals surface area contributed by atoms with Gasteiger partial charge in [0.05, 0.1) is 23.9 Å². The summed E-state index contributed by atoms with van der Waals surface area (Å²) in [6, 6.07) is 11.5. The Labute approximate surface area is 165 Å². The van der Waals surface area contributed by atoms with Gasteiger partial charge in [0.25, 0.3) is 11.8 Å². The zero-order chi connectivity index (χ0) is 20.1. The van der Waals surface area contributed by atoms with E-state index in [1.165, 1.54) is 49.8 Å². The van der Waals surface area contributed by atoms with Crippen LogP contribution in [0.4, 0.5) is 15.8 Å². The molecule has 8 heteroatoms. The van der Waals surface area contributed by atoms with Crippen LogP contribution in [0.1, 0.15) is 20.7 Å². The van der Waals surface area contributed by atoms with Crippen LogP contribution in [0.25, 0.3) is 0 Å². The topological polar surface area (TPSA) is 80.3 Å². The van der Waals surface area contributed by atoms with Crippen molar-refractivity contribution >= 4 is 34.8 Å². The van der Waals surface area contributed by atoms with Crippen molar-refractivity contribution in [3.8, 4) is 5.75 Å². The van der Waals surface area contributed by atoms with Gasteiger partial charge in [0.1, 0.15) is 11.6 Å². The Kier molecular flexibility index (Phi) is 5.86.